The van der Waals surface area contributed by atoms with Crippen LogP contribution in [0.2, 0.25) is 0 Å². The number of carbonyl (C=O) groups excluding carboxylic acids is 1. The number of rotatable bonds is 1. The molecule has 102 valence electrons. The molecular weight excluding hydrogens is 256 g/mol. The van der Waals surface area contributed by atoms with Gasteiger partial charge in [0.25, 0.3) is 0 Å². The van der Waals surface area contributed by atoms with E-state index in [1.54, 1.807) is 11.8 Å². The molecule has 1 aromatic rings. The Bertz CT molecular complexity index is 481. The number of amides is 1. The molecule has 0 aliphatic carbocycles. The van der Waals surface area contributed by atoms with Gasteiger partial charge in [-0.1, -0.05) is 25.1 Å². The molecule has 0 bridgehead atoms. The molecule has 0 spiro atoms. The summed E-state index contributed by atoms with van der Waals surface area (Å²) < 4.78 is 0. The van der Waals surface area contributed by atoms with E-state index in [0.29, 0.717) is 12.5 Å². The fourth-order valence-electron chi connectivity index (χ4n) is 3.17. The quantitative estimate of drug-likeness (QED) is 0.854. The minimum atomic E-state index is 0.0266. The van der Waals surface area contributed by atoms with Crippen LogP contribution in [-0.2, 0) is 4.79 Å². The summed E-state index contributed by atoms with van der Waals surface area (Å²) in [6.07, 6.45) is 1.03. The van der Waals surface area contributed by atoms with Crippen molar-refractivity contribution in [3.05, 3.63) is 29.8 Å². The molecule has 4 heteroatoms. The van der Waals surface area contributed by atoms with E-state index in [1.807, 2.05) is 17.0 Å². The summed E-state index contributed by atoms with van der Waals surface area (Å²) >= 11 is 1.79. The van der Waals surface area contributed by atoms with Crippen LogP contribution < -0.4 is 5.73 Å². The molecule has 1 saturated heterocycles. The first-order valence-corrected chi connectivity index (χ1v) is 7.90. The average molecular weight is 276 g/mol. The van der Waals surface area contributed by atoms with Crippen molar-refractivity contribution in [2.75, 3.05) is 18.8 Å². The number of fused-ring (bicyclic) bond motifs is 1. The zero-order chi connectivity index (χ0) is 13.4. The van der Waals surface area contributed by atoms with Crippen molar-refractivity contribution in [1.82, 2.24) is 4.90 Å². The Balaban J connectivity index is 1.78. The largest absolute Gasteiger partial charge is 0.340 e. The van der Waals surface area contributed by atoms with Crippen molar-refractivity contribution < 1.29 is 4.79 Å². The van der Waals surface area contributed by atoms with Crippen LogP contribution in [0.15, 0.2) is 29.2 Å². The van der Waals surface area contributed by atoms with Crippen molar-refractivity contribution in [2.24, 2.45) is 11.7 Å². The first-order chi connectivity index (χ1) is 9.15. The molecular formula is C15H20N2OS. The number of carbonyl (C=O) groups is 1. The lowest BCUT2D eigenvalue weighted by atomic mass is 9.93. The molecule has 2 heterocycles. The van der Waals surface area contributed by atoms with Crippen LogP contribution in [-0.4, -0.2) is 35.7 Å². The first kappa shape index (κ1) is 13.0. The summed E-state index contributed by atoms with van der Waals surface area (Å²) in [5.74, 6) is 1.67. The summed E-state index contributed by atoms with van der Waals surface area (Å²) in [6.45, 7) is 3.75. The number of likely N-dealkylation sites (tertiary alicyclic amines) is 1. The van der Waals surface area contributed by atoms with Gasteiger partial charge in [0.2, 0.25) is 5.91 Å². The van der Waals surface area contributed by atoms with Gasteiger partial charge in [-0.15, -0.1) is 11.8 Å². The van der Waals surface area contributed by atoms with Crippen LogP contribution in [0.5, 0.6) is 0 Å². The second kappa shape index (κ2) is 5.17. The van der Waals surface area contributed by atoms with Crippen LogP contribution in [0.4, 0.5) is 0 Å². The minimum absolute atomic E-state index is 0.0266. The number of hydrogen-bond donors (Lipinski definition) is 1. The van der Waals surface area contributed by atoms with Crippen LogP contribution in [0.25, 0.3) is 0 Å². The third-order valence-electron chi connectivity index (χ3n) is 4.00. The number of nitrogens with zero attached hydrogens (tertiary/aromatic N) is 1. The lowest BCUT2D eigenvalue weighted by Crippen LogP contribution is -2.50. The average Bonchev–Trinajstić information content (AvgIpc) is 2.80. The Morgan fingerprint density at radius 2 is 2.16 bits per heavy atom. The van der Waals surface area contributed by atoms with Crippen LogP contribution in [0.3, 0.4) is 0 Å². The standard InChI is InChI=1S/C15H20N2OS/c1-10-6-11(16)8-17(7-10)15(18)13-9-19-14-5-3-2-4-12(13)14/h2-5,10-11,13H,6-9,16H2,1H3. The summed E-state index contributed by atoms with van der Waals surface area (Å²) in [6, 6.07) is 8.40. The summed E-state index contributed by atoms with van der Waals surface area (Å²) in [7, 11) is 0. The number of hydrogen-bond acceptors (Lipinski definition) is 3. The highest BCUT2D eigenvalue weighted by Gasteiger charge is 2.34. The van der Waals surface area contributed by atoms with Crippen molar-refractivity contribution in [2.45, 2.75) is 30.2 Å². The maximum absolute atomic E-state index is 12.7. The van der Waals surface area contributed by atoms with Gasteiger partial charge in [0.1, 0.15) is 0 Å². The van der Waals surface area contributed by atoms with E-state index in [-0.39, 0.29) is 17.9 Å². The number of piperidine rings is 1. The zero-order valence-corrected chi connectivity index (χ0v) is 12.0. The van der Waals surface area contributed by atoms with E-state index in [9.17, 15) is 4.79 Å². The van der Waals surface area contributed by atoms with Crippen molar-refractivity contribution in [3.8, 4) is 0 Å². The molecule has 19 heavy (non-hydrogen) atoms. The predicted octanol–water partition coefficient (Wildman–Crippen LogP) is 2.07. The van der Waals surface area contributed by atoms with E-state index < -0.39 is 0 Å². The van der Waals surface area contributed by atoms with E-state index in [0.717, 1.165) is 18.7 Å². The minimum Gasteiger partial charge on any atom is -0.340 e. The Kier molecular flexibility index (Phi) is 3.54. The first-order valence-electron chi connectivity index (χ1n) is 6.91. The van der Waals surface area contributed by atoms with Gasteiger partial charge in [-0.05, 0) is 24.0 Å². The smallest absolute Gasteiger partial charge is 0.231 e. The van der Waals surface area contributed by atoms with Crippen molar-refractivity contribution in [1.29, 1.82) is 0 Å². The van der Waals surface area contributed by atoms with Gasteiger partial charge in [0, 0.05) is 29.8 Å². The van der Waals surface area contributed by atoms with Gasteiger partial charge >= 0.3 is 0 Å². The Morgan fingerprint density at radius 1 is 1.37 bits per heavy atom. The third-order valence-corrected chi connectivity index (χ3v) is 5.18. The van der Waals surface area contributed by atoms with E-state index in [1.165, 1.54) is 10.5 Å². The molecule has 3 atom stereocenters. The van der Waals surface area contributed by atoms with Crippen LogP contribution >= 0.6 is 11.8 Å². The zero-order valence-electron chi connectivity index (χ0n) is 11.2. The van der Waals surface area contributed by atoms with Gasteiger partial charge in [-0.2, -0.15) is 0 Å². The van der Waals surface area contributed by atoms with Crippen molar-refractivity contribution >= 4 is 17.7 Å². The molecule has 1 amide bonds. The Labute approximate surface area is 118 Å². The number of benzene rings is 1. The van der Waals surface area contributed by atoms with Crippen LogP contribution in [0.1, 0.15) is 24.8 Å². The third kappa shape index (κ3) is 2.51. The topological polar surface area (TPSA) is 46.3 Å². The molecule has 0 saturated carbocycles. The highest BCUT2D eigenvalue weighted by Crippen LogP contribution is 2.40. The van der Waals surface area contributed by atoms with E-state index >= 15 is 0 Å². The molecule has 2 aliphatic heterocycles. The van der Waals surface area contributed by atoms with Gasteiger partial charge in [0.05, 0.1) is 5.92 Å². The number of nitrogens with two attached hydrogens (primary N) is 1. The normalized spacial score (nSPS) is 30.2. The monoisotopic (exact) mass is 276 g/mol. The molecule has 2 aliphatic rings. The highest BCUT2D eigenvalue weighted by atomic mass is 32.2. The number of thioether (sulfide) groups is 1. The van der Waals surface area contributed by atoms with Gasteiger partial charge in [0.15, 0.2) is 0 Å². The fourth-order valence-corrected chi connectivity index (χ4v) is 4.39. The van der Waals surface area contributed by atoms with Crippen LogP contribution in [0, 0.1) is 5.92 Å². The molecule has 0 aromatic heterocycles. The van der Waals surface area contributed by atoms with E-state index in [4.69, 9.17) is 5.73 Å². The SMILES string of the molecule is CC1CC(N)CN(C(=O)C2CSc3ccccc32)C1. The highest BCUT2D eigenvalue weighted by molar-refractivity contribution is 7.99. The predicted molar refractivity (Wildman–Crippen MR) is 78.2 cm³/mol. The fraction of sp³-hybridized carbons (Fsp3) is 0.533. The van der Waals surface area contributed by atoms with Gasteiger partial charge in [-0.3, -0.25) is 4.79 Å². The summed E-state index contributed by atoms with van der Waals surface area (Å²) in [4.78, 5) is 15.9. The summed E-state index contributed by atoms with van der Waals surface area (Å²) in [5, 5.41) is 0. The second-order valence-electron chi connectivity index (χ2n) is 5.75. The molecule has 1 aromatic carbocycles. The molecule has 1 fully saturated rings. The second-order valence-corrected chi connectivity index (χ2v) is 6.81. The Morgan fingerprint density at radius 3 is 2.95 bits per heavy atom. The molecule has 2 N–H and O–H groups in total. The van der Waals surface area contributed by atoms with Crippen molar-refractivity contribution in [3.63, 3.8) is 0 Å². The van der Waals surface area contributed by atoms with E-state index in [2.05, 4.69) is 19.1 Å². The van der Waals surface area contributed by atoms with Gasteiger partial charge < -0.3 is 10.6 Å². The maximum atomic E-state index is 12.7. The molecule has 3 unspecified atom stereocenters. The van der Waals surface area contributed by atoms with Gasteiger partial charge in [-0.25, -0.2) is 0 Å². The molecule has 3 nitrogen and oxygen atoms in total. The Hall–Kier alpha value is -1.00. The molecule has 0 radical (unpaired) electrons. The summed E-state index contributed by atoms with van der Waals surface area (Å²) in [5.41, 5.74) is 7.25. The maximum Gasteiger partial charge on any atom is 0.231 e. The molecule has 3 rings (SSSR count). The lowest BCUT2D eigenvalue weighted by Gasteiger charge is -2.36. The lowest BCUT2D eigenvalue weighted by molar-refractivity contribution is -0.134.